The van der Waals surface area contributed by atoms with Crippen LogP contribution in [0.25, 0.3) is 0 Å². The molecule has 1 aromatic heterocycles. The van der Waals surface area contributed by atoms with Gasteiger partial charge >= 0.3 is 0 Å². The summed E-state index contributed by atoms with van der Waals surface area (Å²) in [5, 5.41) is 11.7. The third kappa shape index (κ3) is 4.86. The van der Waals surface area contributed by atoms with Gasteiger partial charge in [-0.2, -0.15) is 5.10 Å². The number of thiocarbonyl (C=S) groups is 1. The largest absolute Gasteiger partial charge is 0.332 e. The molecule has 0 atom stereocenters. The fourth-order valence-corrected chi connectivity index (χ4v) is 3.09. The molecule has 0 saturated carbocycles. The minimum Gasteiger partial charge on any atom is -0.332 e. The van der Waals surface area contributed by atoms with Gasteiger partial charge in [-0.1, -0.05) is 40.9 Å². The SMILES string of the molecule is Fc1ccc(NC(=S)Nc2cnn(Cc3ccc(Cl)cc3Cl)c2)cc1Cl. The van der Waals surface area contributed by atoms with E-state index in [4.69, 9.17) is 47.0 Å². The van der Waals surface area contributed by atoms with Gasteiger partial charge in [-0.3, -0.25) is 4.68 Å². The van der Waals surface area contributed by atoms with Gasteiger partial charge in [0.2, 0.25) is 0 Å². The van der Waals surface area contributed by atoms with Gasteiger partial charge in [-0.25, -0.2) is 4.39 Å². The normalized spacial score (nSPS) is 10.6. The summed E-state index contributed by atoms with van der Waals surface area (Å²) in [6.07, 6.45) is 3.42. The van der Waals surface area contributed by atoms with Crippen LogP contribution in [0.2, 0.25) is 15.1 Å². The molecule has 26 heavy (non-hydrogen) atoms. The van der Waals surface area contributed by atoms with Crippen LogP contribution in [0.1, 0.15) is 5.56 Å². The molecule has 0 aliphatic rings. The molecular weight excluding hydrogens is 418 g/mol. The molecule has 3 aromatic rings. The Morgan fingerprint density at radius 1 is 1.04 bits per heavy atom. The molecule has 3 rings (SSSR count). The van der Waals surface area contributed by atoms with Crippen molar-refractivity contribution >= 4 is 63.5 Å². The van der Waals surface area contributed by atoms with Gasteiger partial charge in [0.25, 0.3) is 0 Å². The lowest BCUT2D eigenvalue weighted by Crippen LogP contribution is -2.18. The van der Waals surface area contributed by atoms with Crippen molar-refractivity contribution in [2.75, 3.05) is 10.6 Å². The summed E-state index contributed by atoms with van der Waals surface area (Å²) in [5.74, 6) is -0.488. The standard InChI is InChI=1S/C17H12Cl3FN4S/c18-11-2-1-10(14(19)5-11)8-25-9-13(7-22-25)24-17(26)23-12-3-4-16(21)15(20)6-12/h1-7,9H,8H2,(H2,23,24,26). The van der Waals surface area contributed by atoms with Gasteiger partial charge in [0, 0.05) is 21.9 Å². The molecule has 4 nitrogen and oxygen atoms in total. The lowest BCUT2D eigenvalue weighted by molar-refractivity contribution is 0.628. The van der Waals surface area contributed by atoms with E-state index in [1.807, 2.05) is 6.07 Å². The fraction of sp³-hybridized carbons (Fsp3) is 0.0588. The van der Waals surface area contributed by atoms with Crippen molar-refractivity contribution in [1.29, 1.82) is 0 Å². The Labute approximate surface area is 169 Å². The highest BCUT2D eigenvalue weighted by Crippen LogP contribution is 2.22. The molecule has 0 bridgehead atoms. The van der Waals surface area contributed by atoms with E-state index in [1.165, 1.54) is 12.1 Å². The molecule has 1 heterocycles. The average Bonchev–Trinajstić information content (AvgIpc) is 3.00. The number of benzene rings is 2. The minimum absolute atomic E-state index is 0.0189. The van der Waals surface area contributed by atoms with E-state index in [-0.39, 0.29) is 5.02 Å². The van der Waals surface area contributed by atoms with E-state index in [2.05, 4.69) is 15.7 Å². The quantitative estimate of drug-likeness (QED) is 0.511. The maximum atomic E-state index is 13.2. The van der Waals surface area contributed by atoms with Crippen LogP contribution in [0.4, 0.5) is 15.8 Å². The van der Waals surface area contributed by atoms with Crippen molar-refractivity contribution in [3.8, 4) is 0 Å². The smallest absolute Gasteiger partial charge is 0.175 e. The molecule has 0 radical (unpaired) electrons. The monoisotopic (exact) mass is 428 g/mol. The summed E-state index contributed by atoms with van der Waals surface area (Å²) in [5.41, 5.74) is 2.17. The summed E-state index contributed by atoms with van der Waals surface area (Å²) in [7, 11) is 0. The van der Waals surface area contributed by atoms with Crippen LogP contribution >= 0.6 is 47.0 Å². The van der Waals surface area contributed by atoms with Crippen molar-refractivity contribution in [3.05, 3.63) is 75.2 Å². The highest BCUT2D eigenvalue weighted by molar-refractivity contribution is 7.80. The third-order valence-corrected chi connectivity index (χ3v) is 4.50. The second-order valence-corrected chi connectivity index (χ2v) is 7.03. The maximum absolute atomic E-state index is 13.2. The van der Waals surface area contributed by atoms with Gasteiger partial charge in [0.15, 0.2) is 5.11 Å². The first-order valence-electron chi connectivity index (χ1n) is 7.40. The maximum Gasteiger partial charge on any atom is 0.175 e. The summed E-state index contributed by atoms with van der Waals surface area (Å²) < 4.78 is 14.9. The van der Waals surface area contributed by atoms with Crippen molar-refractivity contribution in [1.82, 2.24) is 9.78 Å². The molecule has 0 unspecified atom stereocenters. The first-order valence-corrected chi connectivity index (χ1v) is 8.94. The number of anilines is 2. The van der Waals surface area contributed by atoms with E-state index in [9.17, 15) is 4.39 Å². The number of nitrogens with one attached hydrogen (secondary N) is 2. The fourth-order valence-electron chi connectivity index (χ4n) is 2.21. The van der Waals surface area contributed by atoms with Crippen LogP contribution in [0.15, 0.2) is 48.8 Å². The Kier molecular flexibility index (Phi) is 5.98. The molecule has 0 fully saturated rings. The summed E-state index contributed by atoms with van der Waals surface area (Å²) >= 11 is 23.1. The van der Waals surface area contributed by atoms with Crippen LogP contribution in [0.5, 0.6) is 0 Å². The Hall–Kier alpha value is -1.86. The van der Waals surface area contributed by atoms with E-state index >= 15 is 0 Å². The first-order chi connectivity index (χ1) is 12.4. The van der Waals surface area contributed by atoms with Crippen molar-refractivity contribution in [3.63, 3.8) is 0 Å². The molecule has 2 aromatic carbocycles. The van der Waals surface area contributed by atoms with Gasteiger partial charge in [0.1, 0.15) is 5.82 Å². The number of rotatable bonds is 4. The van der Waals surface area contributed by atoms with Crippen LogP contribution in [0, 0.1) is 5.82 Å². The molecule has 0 saturated heterocycles. The first kappa shape index (κ1) is 18.9. The van der Waals surface area contributed by atoms with Crippen LogP contribution in [-0.4, -0.2) is 14.9 Å². The molecule has 9 heteroatoms. The molecule has 2 N–H and O–H groups in total. The molecule has 0 aliphatic heterocycles. The van der Waals surface area contributed by atoms with E-state index in [1.54, 1.807) is 35.3 Å². The van der Waals surface area contributed by atoms with Crippen molar-refractivity contribution in [2.24, 2.45) is 0 Å². The molecule has 0 aliphatic carbocycles. The summed E-state index contributed by atoms with van der Waals surface area (Å²) in [6, 6.07) is 9.58. The van der Waals surface area contributed by atoms with E-state index < -0.39 is 5.82 Å². The molecule has 0 amide bonds. The zero-order valence-corrected chi connectivity index (χ0v) is 16.2. The topological polar surface area (TPSA) is 41.9 Å². The predicted molar refractivity (Wildman–Crippen MR) is 109 cm³/mol. The zero-order valence-electron chi connectivity index (χ0n) is 13.1. The molecule has 0 spiro atoms. The Morgan fingerprint density at radius 3 is 2.54 bits per heavy atom. The van der Waals surface area contributed by atoms with Crippen molar-refractivity contribution in [2.45, 2.75) is 6.54 Å². The number of halogens is 4. The Balaban J connectivity index is 1.62. The van der Waals surface area contributed by atoms with Gasteiger partial charge in [0.05, 0.1) is 23.5 Å². The van der Waals surface area contributed by atoms with Gasteiger partial charge < -0.3 is 10.6 Å². The zero-order chi connectivity index (χ0) is 18.7. The molecular formula is C17H12Cl3FN4S. The average molecular weight is 430 g/mol. The van der Waals surface area contributed by atoms with E-state index in [0.29, 0.717) is 33.1 Å². The van der Waals surface area contributed by atoms with Crippen LogP contribution in [-0.2, 0) is 6.54 Å². The summed E-state index contributed by atoms with van der Waals surface area (Å²) in [4.78, 5) is 0. The number of aromatic nitrogens is 2. The lowest BCUT2D eigenvalue weighted by Gasteiger charge is -2.09. The second-order valence-electron chi connectivity index (χ2n) is 5.37. The van der Waals surface area contributed by atoms with Crippen molar-refractivity contribution < 1.29 is 4.39 Å². The molecule has 134 valence electrons. The van der Waals surface area contributed by atoms with Crippen LogP contribution < -0.4 is 10.6 Å². The predicted octanol–water partition coefficient (Wildman–Crippen LogP) is 5.84. The summed E-state index contributed by atoms with van der Waals surface area (Å²) in [6.45, 7) is 0.492. The lowest BCUT2D eigenvalue weighted by atomic mass is 10.2. The Bertz CT molecular complexity index is 961. The van der Waals surface area contributed by atoms with Gasteiger partial charge in [-0.05, 0) is 48.1 Å². The van der Waals surface area contributed by atoms with Crippen LogP contribution in [0.3, 0.4) is 0 Å². The number of hydrogen-bond donors (Lipinski definition) is 2. The number of hydrogen-bond acceptors (Lipinski definition) is 2. The van der Waals surface area contributed by atoms with Gasteiger partial charge in [-0.15, -0.1) is 0 Å². The second kappa shape index (κ2) is 8.22. The highest BCUT2D eigenvalue weighted by Gasteiger charge is 2.07. The third-order valence-electron chi connectivity index (χ3n) is 3.42. The number of nitrogens with zero attached hydrogens (tertiary/aromatic N) is 2. The Morgan fingerprint density at radius 2 is 1.81 bits per heavy atom. The van der Waals surface area contributed by atoms with E-state index in [0.717, 1.165) is 5.56 Å². The highest BCUT2D eigenvalue weighted by atomic mass is 35.5. The minimum atomic E-state index is -0.488.